The highest BCUT2D eigenvalue weighted by atomic mass is 32.1. The number of rotatable bonds is 10. The lowest BCUT2D eigenvalue weighted by Crippen LogP contribution is -2.33. The van der Waals surface area contributed by atoms with Gasteiger partial charge in [0, 0.05) is 23.9 Å². The number of carbonyl (C=O) groups excluding carboxylic acids is 1. The van der Waals surface area contributed by atoms with Crippen LogP contribution in [0.25, 0.3) is 0 Å². The van der Waals surface area contributed by atoms with Gasteiger partial charge in [0.25, 0.3) is 0 Å². The van der Waals surface area contributed by atoms with Crippen molar-refractivity contribution in [2.24, 2.45) is 0 Å². The number of aliphatic hydroxyl groups excluding tert-OH is 1. The number of aliphatic hydroxyl groups is 1. The third kappa shape index (κ3) is 6.07. The Hall–Kier alpha value is -0.910. The van der Waals surface area contributed by atoms with Gasteiger partial charge in [-0.05, 0) is 63.1 Å². The second-order valence-electron chi connectivity index (χ2n) is 6.00. The van der Waals surface area contributed by atoms with Crippen LogP contribution in [-0.2, 0) is 11.2 Å². The average molecular weight is 324 g/mol. The molecule has 22 heavy (non-hydrogen) atoms. The summed E-state index contributed by atoms with van der Waals surface area (Å²) in [6, 6.07) is 4.55. The summed E-state index contributed by atoms with van der Waals surface area (Å²) in [6.45, 7) is 3.20. The van der Waals surface area contributed by atoms with Gasteiger partial charge in [0.2, 0.25) is 5.91 Å². The topological polar surface area (TPSA) is 52.6 Å². The van der Waals surface area contributed by atoms with Gasteiger partial charge in [0.1, 0.15) is 0 Å². The molecule has 4 nitrogen and oxygen atoms in total. The molecule has 1 fully saturated rings. The number of nitrogens with zero attached hydrogens (tertiary/aromatic N) is 1. The Bertz CT molecular complexity index is 422. The number of unbranched alkanes of at least 4 members (excludes halogenated alkanes) is 1. The lowest BCUT2D eigenvalue weighted by atomic mass is 10.2. The molecule has 0 radical (unpaired) electrons. The first-order valence-electron chi connectivity index (χ1n) is 8.43. The first-order chi connectivity index (χ1) is 10.8. The summed E-state index contributed by atoms with van der Waals surface area (Å²) in [5, 5.41) is 14.4. The zero-order valence-corrected chi connectivity index (χ0v) is 14.1. The molecule has 1 aliphatic heterocycles. The Labute approximate surface area is 137 Å². The number of likely N-dealkylation sites (tertiary alicyclic amines) is 1. The van der Waals surface area contributed by atoms with E-state index in [0.717, 1.165) is 51.7 Å². The lowest BCUT2D eigenvalue weighted by molar-refractivity contribution is -0.121. The van der Waals surface area contributed by atoms with Crippen molar-refractivity contribution in [3.63, 3.8) is 0 Å². The van der Waals surface area contributed by atoms with Gasteiger partial charge in [-0.1, -0.05) is 6.07 Å². The smallest absolute Gasteiger partial charge is 0.220 e. The molecule has 0 saturated carbocycles. The monoisotopic (exact) mass is 324 g/mol. The van der Waals surface area contributed by atoms with Crippen LogP contribution in [0.5, 0.6) is 0 Å². The van der Waals surface area contributed by atoms with Crippen LogP contribution in [0.15, 0.2) is 17.5 Å². The van der Waals surface area contributed by atoms with Crippen LogP contribution in [0.3, 0.4) is 0 Å². The highest BCUT2D eigenvalue weighted by Crippen LogP contribution is 2.16. The van der Waals surface area contributed by atoms with Gasteiger partial charge < -0.3 is 10.4 Å². The number of amides is 1. The maximum absolute atomic E-state index is 11.7. The summed E-state index contributed by atoms with van der Waals surface area (Å²) >= 11 is 1.76. The van der Waals surface area contributed by atoms with Crippen molar-refractivity contribution >= 4 is 17.2 Å². The molecular formula is C17H28N2O2S. The summed E-state index contributed by atoms with van der Waals surface area (Å²) in [4.78, 5) is 15.5. The minimum atomic E-state index is 0.172. The number of hydrogen-bond acceptors (Lipinski definition) is 4. The molecule has 0 bridgehead atoms. The van der Waals surface area contributed by atoms with E-state index in [1.54, 1.807) is 11.3 Å². The molecule has 2 heterocycles. The minimum absolute atomic E-state index is 0.172. The number of thiophene rings is 1. The van der Waals surface area contributed by atoms with E-state index in [4.69, 9.17) is 0 Å². The highest BCUT2D eigenvalue weighted by Gasteiger charge is 2.22. The largest absolute Gasteiger partial charge is 0.395 e. The van der Waals surface area contributed by atoms with Crippen molar-refractivity contribution in [2.45, 2.75) is 51.0 Å². The van der Waals surface area contributed by atoms with Crippen LogP contribution in [0.2, 0.25) is 0 Å². The average Bonchev–Trinajstić information content (AvgIpc) is 3.18. The van der Waals surface area contributed by atoms with E-state index >= 15 is 0 Å². The van der Waals surface area contributed by atoms with Gasteiger partial charge in [-0.2, -0.15) is 0 Å². The van der Waals surface area contributed by atoms with Crippen molar-refractivity contribution in [1.29, 1.82) is 0 Å². The Morgan fingerprint density at radius 1 is 1.41 bits per heavy atom. The molecule has 1 unspecified atom stereocenters. The number of hydrogen-bond donors (Lipinski definition) is 2. The third-order valence-corrected chi connectivity index (χ3v) is 5.25. The second-order valence-corrected chi connectivity index (χ2v) is 7.04. The Kier molecular flexibility index (Phi) is 7.91. The Morgan fingerprint density at radius 2 is 2.32 bits per heavy atom. The summed E-state index contributed by atoms with van der Waals surface area (Å²) in [5.74, 6) is 0.172. The highest BCUT2D eigenvalue weighted by molar-refractivity contribution is 7.09. The van der Waals surface area contributed by atoms with Crippen molar-refractivity contribution in [3.05, 3.63) is 22.4 Å². The van der Waals surface area contributed by atoms with Crippen molar-refractivity contribution < 1.29 is 9.90 Å². The van der Waals surface area contributed by atoms with Crippen LogP contribution < -0.4 is 5.32 Å². The van der Waals surface area contributed by atoms with Crippen LogP contribution in [0, 0.1) is 0 Å². The van der Waals surface area contributed by atoms with Gasteiger partial charge in [0.15, 0.2) is 0 Å². The summed E-state index contributed by atoms with van der Waals surface area (Å²) in [6.07, 6.45) is 6.98. The minimum Gasteiger partial charge on any atom is -0.395 e. The summed E-state index contributed by atoms with van der Waals surface area (Å²) in [5.41, 5.74) is 0. The van der Waals surface area contributed by atoms with Crippen LogP contribution >= 0.6 is 11.3 Å². The fourth-order valence-electron chi connectivity index (χ4n) is 3.03. The fraction of sp³-hybridized carbons (Fsp3) is 0.706. The molecule has 1 amide bonds. The molecule has 2 rings (SSSR count). The lowest BCUT2D eigenvalue weighted by Gasteiger charge is -2.22. The van der Waals surface area contributed by atoms with Gasteiger partial charge >= 0.3 is 0 Å². The van der Waals surface area contributed by atoms with Gasteiger partial charge in [-0.15, -0.1) is 11.3 Å². The molecule has 0 aromatic carbocycles. The van der Waals surface area contributed by atoms with Gasteiger partial charge in [0.05, 0.1) is 6.61 Å². The van der Waals surface area contributed by atoms with E-state index in [1.807, 2.05) is 0 Å². The number of nitrogens with one attached hydrogen (secondary N) is 1. The molecule has 0 spiro atoms. The first kappa shape index (κ1) is 17.4. The molecule has 1 aromatic heterocycles. The van der Waals surface area contributed by atoms with E-state index < -0.39 is 0 Å². The second kappa shape index (κ2) is 9.98. The SMILES string of the molecule is O=C(CCCc1cccs1)NCCCCN1CCCC1CO. The van der Waals surface area contributed by atoms with Crippen LogP contribution in [0.1, 0.15) is 43.4 Å². The standard InChI is InChI=1S/C17H28N2O2S/c20-14-15-6-4-12-19(15)11-2-1-10-18-17(21)9-3-7-16-8-5-13-22-16/h5,8,13,15,20H,1-4,6-7,9-12,14H2,(H,18,21). The maximum Gasteiger partial charge on any atom is 0.220 e. The van der Waals surface area contributed by atoms with E-state index in [2.05, 4.69) is 27.7 Å². The van der Waals surface area contributed by atoms with Crippen molar-refractivity contribution in [1.82, 2.24) is 10.2 Å². The zero-order valence-electron chi connectivity index (χ0n) is 13.3. The Balaban J connectivity index is 1.45. The van der Waals surface area contributed by atoms with Crippen LogP contribution in [-0.4, -0.2) is 48.2 Å². The predicted molar refractivity (Wildman–Crippen MR) is 91.2 cm³/mol. The molecule has 5 heteroatoms. The van der Waals surface area contributed by atoms with E-state index in [9.17, 15) is 9.90 Å². The zero-order chi connectivity index (χ0) is 15.6. The maximum atomic E-state index is 11.7. The van der Waals surface area contributed by atoms with Crippen molar-refractivity contribution in [2.75, 3.05) is 26.2 Å². The van der Waals surface area contributed by atoms with Crippen LogP contribution in [0.4, 0.5) is 0 Å². The van der Waals surface area contributed by atoms with Gasteiger partial charge in [-0.3, -0.25) is 9.69 Å². The molecule has 1 aromatic rings. The molecule has 124 valence electrons. The van der Waals surface area contributed by atoms with Crippen molar-refractivity contribution in [3.8, 4) is 0 Å². The van der Waals surface area contributed by atoms with E-state index in [-0.39, 0.29) is 12.5 Å². The molecule has 1 aliphatic rings. The fourth-order valence-corrected chi connectivity index (χ4v) is 3.78. The van der Waals surface area contributed by atoms with E-state index in [1.165, 1.54) is 11.3 Å². The molecular weight excluding hydrogens is 296 g/mol. The predicted octanol–water partition coefficient (Wildman–Crippen LogP) is 2.42. The Morgan fingerprint density at radius 3 is 3.09 bits per heavy atom. The molecule has 2 N–H and O–H groups in total. The quantitative estimate of drug-likeness (QED) is 0.650. The third-order valence-electron chi connectivity index (χ3n) is 4.31. The number of carbonyl (C=O) groups is 1. The number of aryl methyl sites for hydroxylation is 1. The molecule has 0 aliphatic carbocycles. The summed E-state index contributed by atoms with van der Waals surface area (Å²) < 4.78 is 0. The molecule has 1 atom stereocenters. The summed E-state index contributed by atoms with van der Waals surface area (Å²) in [7, 11) is 0. The first-order valence-corrected chi connectivity index (χ1v) is 9.31. The van der Waals surface area contributed by atoms with Gasteiger partial charge in [-0.25, -0.2) is 0 Å². The van der Waals surface area contributed by atoms with E-state index in [0.29, 0.717) is 12.5 Å². The normalized spacial score (nSPS) is 18.7. The molecule has 1 saturated heterocycles.